The van der Waals surface area contributed by atoms with Crippen molar-refractivity contribution < 1.29 is 5.11 Å². The van der Waals surface area contributed by atoms with E-state index in [9.17, 15) is 0 Å². The Morgan fingerprint density at radius 3 is 2.87 bits per heavy atom. The summed E-state index contributed by atoms with van der Waals surface area (Å²) < 4.78 is 0. The van der Waals surface area contributed by atoms with E-state index in [0.29, 0.717) is 5.82 Å². The summed E-state index contributed by atoms with van der Waals surface area (Å²) in [4.78, 5) is 3.99. The van der Waals surface area contributed by atoms with Crippen molar-refractivity contribution in [1.82, 2.24) is 4.98 Å². The third kappa shape index (κ3) is 3.75. The highest BCUT2D eigenvalue weighted by Gasteiger charge is 2.16. The molecule has 1 rings (SSSR count). The summed E-state index contributed by atoms with van der Waals surface area (Å²) in [5, 5.41) is 12.1. The summed E-state index contributed by atoms with van der Waals surface area (Å²) in [7, 11) is 0. The van der Waals surface area contributed by atoms with Gasteiger partial charge in [-0.1, -0.05) is 13.8 Å². The molecule has 0 saturated carbocycles. The highest BCUT2D eigenvalue weighted by Crippen LogP contribution is 2.22. The van der Waals surface area contributed by atoms with E-state index in [4.69, 9.17) is 10.8 Å². The molecule has 0 fully saturated rings. The molecule has 1 heterocycles. The highest BCUT2D eigenvalue weighted by molar-refractivity contribution is 5.60. The molecule has 0 bridgehead atoms. The van der Waals surface area contributed by atoms with Gasteiger partial charge in [0.1, 0.15) is 5.82 Å². The Bertz CT molecular complexity index is 312. The molecular weight excluding hydrogens is 190 g/mol. The van der Waals surface area contributed by atoms with Crippen LogP contribution in [0.15, 0.2) is 18.3 Å². The molecule has 15 heavy (non-hydrogen) atoms. The van der Waals surface area contributed by atoms with Crippen LogP contribution in [0, 0.1) is 5.41 Å². The number of pyridine rings is 1. The Hall–Kier alpha value is -1.29. The van der Waals surface area contributed by atoms with Crippen LogP contribution in [0.5, 0.6) is 0 Å². The van der Waals surface area contributed by atoms with Gasteiger partial charge in [0.05, 0.1) is 5.69 Å². The number of rotatable bonds is 5. The molecule has 0 aromatic carbocycles. The van der Waals surface area contributed by atoms with Crippen molar-refractivity contribution in [2.45, 2.75) is 20.3 Å². The lowest BCUT2D eigenvalue weighted by Gasteiger charge is -2.24. The minimum absolute atomic E-state index is 0.0526. The summed E-state index contributed by atoms with van der Waals surface area (Å²) >= 11 is 0. The second-order valence-corrected chi connectivity index (χ2v) is 4.43. The van der Waals surface area contributed by atoms with Gasteiger partial charge >= 0.3 is 0 Å². The fraction of sp³-hybridized carbons (Fsp3) is 0.545. The van der Waals surface area contributed by atoms with Crippen molar-refractivity contribution in [2.24, 2.45) is 5.41 Å². The van der Waals surface area contributed by atoms with Crippen LogP contribution in [0.2, 0.25) is 0 Å². The molecule has 4 N–H and O–H groups in total. The summed E-state index contributed by atoms with van der Waals surface area (Å²) in [6.45, 7) is 5.17. The van der Waals surface area contributed by atoms with Crippen LogP contribution in [-0.4, -0.2) is 23.2 Å². The first kappa shape index (κ1) is 11.8. The van der Waals surface area contributed by atoms with E-state index in [-0.39, 0.29) is 12.0 Å². The van der Waals surface area contributed by atoms with E-state index in [0.717, 1.165) is 18.7 Å². The summed E-state index contributed by atoms with van der Waals surface area (Å²) in [5.74, 6) is 0.511. The molecule has 0 aliphatic rings. The van der Waals surface area contributed by atoms with Gasteiger partial charge in [0.15, 0.2) is 0 Å². The Labute approximate surface area is 90.5 Å². The monoisotopic (exact) mass is 209 g/mol. The van der Waals surface area contributed by atoms with Crippen molar-refractivity contribution in [3.8, 4) is 0 Å². The van der Waals surface area contributed by atoms with E-state index in [2.05, 4.69) is 24.1 Å². The van der Waals surface area contributed by atoms with Gasteiger partial charge in [0.25, 0.3) is 0 Å². The lowest BCUT2D eigenvalue weighted by Crippen LogP contribution is -2.24. The van der Waals surface area contributed by atoms with Crippen LogP contribution in [0.1, 0.15) is 20.3 Å². The number of nitrogens with zero attached hydrogens (tertiary/aromatic N) is 1. The Kier molecular flexibility index (Phi) is 3.91. The average Bonchev–Trinajstić information content (AvgIpc) is 2.16. The largest absolute Gasteiger partial charge is 0.396 e. The molecule has 0 aliphatic carbocycles. The minimum atomic E-state index is 0.0526. The van der Waals surface area contributed by atoms with E-state index in [1.165, 1.54) is 0 Å². The number of nitrogen functional groups attached to an aromatic ring is 1. The van der Waals surface area contributed by atoms with Gasteiger partial charge in [-0.05, 0) is 24.0 Å². The zero-order valence-corrected chi connectivity index (χ0v) is 9.33. The van der Waals surface area contributed by atoms with Gasteiger partial charge < -0.3 is 16.2 Å². The van der Waals surface area contributed by atoms with E-state index in [1.54, 1.807) is 6.20 Å². The molecule has 0 spiro atoms. The number of nitrogens with one attached hydrogen (secondary N) is 1. The van der Waals surface area contributed by atoms with Gasteiger partial charge in [0.2, 0.25) is 0 Å². The van der Waals surface area contributed by atoms with E-state index in [1.807, 2.05) is 12.1 Å². The zero-order chi connectivity index (χ0) is 11.3. The predicted octanol–water partition coefficient (Wildman–Crippen LogP) is 1.48. The van der Waals surface area contributed by atoms with Crippen LogP contribution in [0.4, 0.5) is 11.5 Å². The number of aliphatic hydroxyl groups excluding tert-OH is 1. The first-order valence-corrected chi connectivity index (χ1v) is 5.10. The number of aliphatic hydroxyl groups is 1. The molecule has 0 atom stereocenters. The van der Waals surface area contributed by atoms with Gasteiger partial charge in [-0.2, -0.15) is 0 Å². The molecule has 0 saturated heterocycles. The molecule has 4 heteroatoms. The van der Waals surface area contributed by atoms with Gasteiger partial charge in [-0.15, -0.1) is 0 Å². The smallest absolute Gasteiger partial charge is 0.146 e. The first-order chi connectivity index (χ1) is 7.05. The van der Waals surface area contributed by atoms with Gasteiger partial charge in [0, 0.05) is 19.3 Å². The summed E-state index contributed by atoms with van der Waals surface area (Å²) in [5.41, 5.74) is 6.60. The normalized spacial score (nSPS) is 11.4. The van der Waals surface area contributed by atoms with Crippen molar-refractivity contribution in [2.75, 3.05) is 24.2 Å². The highest BCUT2D eigenvalue weighted by atomic mass is 16.3. The lowest BCUT2D eigenvalue weighted by molar-refractivity contribution is 0.220. The van der Waals surface area contributed by atoms with Gasteiger partial charge in [-0.25, -0.2) is 4.98 Å². The fourth-order valence-corrected chi connectivity index (χ4v) is 1.29. The number of aromatic nitrogens is 1. The average molecular weight is 209 g/mol. The van der Waals surface area contributed by atoms with Crippen molar-refractivity contribution in [3.05, 3.63) is 18.3 Å². The van der Waals surface area contributed by atoms with Gasteiger partial charge in [-0.3, -0.25) is 0 Å². The molecule has 0 unspecified atom stereocenters. The molecule has 0 radical (unpaired) electrons. The van der Waals surface area contributed by atoms with Crippen LogP contribution >= 0.6 is 0 Å². The van der Waals surface area contributed by atoms with Crippen LogP contribution < -0.4 is 11.1 Å². The van der Waals surface area contributed by atoms with Crippen molar-refractivity contribution >= 4 is 11.5 Å². The third-order valence-electron chi connectivity index (χ3n) is 2.38. The molecule has 84 valence electrons. The van der Waals surface area contributed by atoms with Crippen LogP contribution in [-0.2, 0) is 0 Å². The second-order valence-electron chi connectivity index (χ2n) is 4.43. The third-order valence-corrected chi connectivity index (χ3v) is 2.38. The Morgan fingerprint density at radius 2 is 2.27 bits per heavy atom. The fourth-order valence-electron chi connectivity index (χ4n) is 1.29. The molecule has 1 aromatic rings. The predicted molar refractivity (Wildman–Crippen MR) is 62.6 cm³/mol. The van der Waals surface area contributed by atoms with Crippen LogP contribution in [0.3, 0.4) is 0 Å². The molecule has 1 aromatic heterocycles. The maximum absolute atomic E-state index is 8.89. The molecule has 0 amide bonds. The van der Waals surface area contributed by atoms with Crippen LogP contribution in [0.25, 0.3) is 0 Å². The lowest BCUT2D eigenvalue weighted by atomic mass is 9.90. The number of hydrogen-bond acceptors (Lipinski definition) is 4. The number of anilines is 2. The van der Waals surface area contributed by atoms with E-state index >= 15 is 0 Å². The van der Waals surface area contributed by atoms with Crippen molar-refractivity contribution in [1.29, 1.82) is 0 Å². The quantitative estimate of drug-likeness (QED) is 0.687. The second kappa shape index (κ2) is 4.98. The number of hydrogen-bond donors (Lipinski definition) is 3. The number of nitrogens with two attached hydrogens (primary N) is 1. The summed E-state index contributed by atoms with van der Waals surface area (Å²) in [6, 6.07) is 3.75. The maximum Gasteiger partial charge on any atom is 0.146 e. The van der Waals surface area contributed by atoms with E-state index < -0.39 is 0 Å². The Morgan fingerprint density at radius 1 is 1.53 bits per heavy atom. The molecule has 4 nitrogen and oxygen atoms in total. The zero-order valence-electron chi connectivity index (χ0n) is 9.33. The Balaban J connectivity index is 2.53. The minimum Gasteiger partial charge on any atom is -0.396 e. The topological polar surface area (TPSA) is 71.2 Å². The summed E-state index contributed by atoms with van der Waals surface area (Å²) in [6.07, 6.45) is 2.43. The molecular formula is C11H19N3O. The van der Waals surface area contributed by atoms with Crippen molar-refractivity contribution in [3.63, 3.8) is 0 Å². The maximum atomic E-state index is 8.89. The SMILES string of the molecule is CC(C)(CCO)CNc1cccnc1N. The first-order valence-electron chi connectivity index (χ1n) is 5.10. The molecule has 0 aliphatic heterocycles. The standard InChI is InChI=1S/C11H19N3O/c1-11(2,5-7-15)8-14-9-4-3-6-13-10(9)12/h3-4,6,14-15H,5,7-8H2,1-2H3,(H2,12,13).